The first-order valence-corrected chi connectivity index (χ1v) is 19.4. The van der Waals surface area contributed by atoms with Gasteiger partial charge < -0.3 is 79.9 Å². The standard InChI is InChI=1S/C43H40O20/c1-59-39-37(53)33(49)25(13-45)63-43(39)61-23-7-3-5-17-27(19-9-15(41(57)58)11-21(47)29(19)35(51)31(17)23)26-16-4-2-6-22(60-42-38(54)36(52)32(48)24(12-44)62-42)30(16)34(50)28-18(26)8-14(40(55)56)10-20(28)46/h2-11,24-27,32-33,36-39,42-49,52-54H,12-13H2,1H3,(H,55,56)(H,57,58). The fraction of sp³-hybridized carbons (Fsp3) is 0.349. The third-order valence-corrected chi connectivity index (χ3v) is 11.9. The van der Waals surface area contributed by atoms with Crippen LogP contribution >= 0.6 is 0 Å². The van der Waals surface area contributed by atoms with Crippen LogP contribution in [-0.2, 0) is 14.2 Å². The van der Waals surface area contributed by atoms with E-state index in [4.69, 9.17) is 23.7 Å². The molecule has 0 spiro atoms. The Morgan fingerprint density at radius 2 is 1.00 bits per heavy atom. The maximum atomic E-state index is 14.8. The first-order chi connectivity index (χ1) is 30.0. The third-order valence-electron chi connectivity index (χ3n) is 11.9. The molecule has 0 aromatic heterocycles. The number of aromatic carboxylic acids is 2. The molecule has 11 N–H and O–H groups in total. The molecule has 332 valence electrons. The lowest BCUT2D eigenvalue weighted by Gasteiger charge is -2.42. The number of methoxy groups -OCH3 is 1. The second-order valence-corrected chi connectivity index (χ2v) is 15.4. The number of ether oxygens (including phenoxy) is 5. The van der Waals surface area contributed by atoms with Crippen LogP contribution in [0.1, 0.15) is 86.6 Å². The molecule has 4 aliphatic rings. The highest BCUT2D eigenvalue weighted by molar-refractivity contribution is 6.18. The first kappa shape index (κ1) is 43.6. The summed E-state index contributed by atoms with van der Waals surface area (Å²) in [6.07, 6.45) is -16.4. The Hall–Kier alpha value is -6.04. The summed E-state index contributed by atoms with van der Waals surface area (Å²) in [7, 11) is 1.19. The fourth-order valence-corrected chi connectivity index (χ4v) is 8.95. The molecule has 2 aliphatic carbocycles. The molecule has 4 aromatic carbocycles. The number of hydrogen-bond donors (Lipinski definition) is 11. The van der Waals surface area contributed by atoms with Crippen molar-refractivity contribution in [2.75, 3.05) is 20.3 Å². The molecule has 20 nitrogen and oxygen atoms in total. The van der Waals surface area contributed by atoms with E-state index < -0.39 is 144 Å². The molecule has 0 radical (unpaired) electrons. The number of aliphatic hydroxyl groups is 7. The summed E-state index contributed by atoms with van der Waals surface area (Å²) >= 11 is 0. The second kappa shape index (κ2) is 16.6. The molecular formula is C43H40O20. The molecule has 2 fully saturated rings. The molecular weight excluding hydrogens is 836 g/mol. The highest BCUT2D eigenvalue weighted by Crippen LogP contribution is 2.56. The molecule has 8 rings (SSSR count). The van der Waals surface area contributed by atoms with Gasteiger partial charge in [0.2, 0.25) is 24.1 Å². The number of hydrogen-bond acceptors (Lipinski definition) is 18. The minimum absolute atomic E-state index is 0.0253. The topological polar surface area (TPSA) is 337 Å². The van der Waals surface area contributed by atoms with Crippen molar-refractivity contribution < 1.29 is 99.0 Å². The van der Waals surface area contributed by atoms with E-state index in [0.717, 1.165) is 24.3 Å². The summed E-state index contributed by atoms with van der Waals surface area (Å²) in [5.41, 5.74) is -2.59. The Morgan fingerprint density at radius 1 is 0.571 bits per heavy atom. The fourth-order valence-electron chi connectivity index (χ4n) is 8.95. The molecule has 63 heavy (non-hydrogen) atoms. The normalized spacial score (nSPS) is 29.8. The van der Waals surface area contributed by atoms with Crippen LogP contribution in [0.25, 0.3) is 0 Å². The number of carboxylic acids is 2. The molecule has 12 atom stereocenters. The Bertz CT molecular complexity index is 2520. The number of carbonyl (C=O) groups excluding carboxylic acids is 2. The van der Waals surface area contributed by atoms with Gasteiger partial charge >= 0.3 is 11.9 Å². The molecule has 2 aliphatic heterocycles. The molecule has 2 saturated heterocycles. The van der Waals surface area contributed by atoms with Crippen LogP contribution in [0.5, 0.6) is 23.0 Å². The van der Waals surface area contributed by atoms with Crippen molar-refractivity contribution >= 4 is 23.5 Å². The van der Waals surface area contributed by atoms with Crippen molar-refractivity contribution in [1.29, 1.82) is 0 Å². The van der Waals surface area contributed by atoms with Gasteiger partial charge in [0.15, 0.2) is 0 Å². The number of ketones is 2. The average molecular weight is 877 g/mol. The van der Waals surface area contributed by atoms with Crippen LogP contribution < -0.4 is 9.47 Å². The van der Waals surface area contributed by atoms with E-state index in [-0.39, 0.29) is 44.9 Å². The Morgan fingerprint density at radius 3 is 1.43 bits per heavy atom. The van der Waals surface area contributed by atoms with E-state index >= 15 is 0 Å². The number of fused-ring (bicyclic) bond motifs is 4. The number of rotatable bonds is 10. The van der Waals surface area contributed by atoms with Crippen LogP contribution in [0.4, 0.5) is 0 Å². The lowest BCUT2D eigenvalue weighted by molar-refractivity contribution is -0.282. The Balaban J connectivity index is 1.38. The molecule has 0 saturated carbocycles. The molecule has 0 bridgehead atoms. The molecule has 12 unspecified atom stereocenters. The third kappa shape index (κ3) is 7.06. The van der Waals surface area contributed by atoms with Crippen molar-refractivity contribution in [2.24, 2.45) is 0 Å². The highest BCUT2D eigenvalue weighted by Gasteiger charge is 2.50. The van der Waals surface area contributed by atoms with Crippen molar-refractivity contribution in [3.8, 4) is 23.0 Å². The minimum atomic E-state index is -1.94. The maximum absolute atomic E-state index is 14.8. The summed E-state index contributed by atoms with van der Waals surface area (Å²) in [4.78, 5) is 54.5. The van der Waals surface area contributed by atoms with E-state index in [2.05, 4.69) is 0 Å². The first-order valence-electron chi connectivity index (χ1n) is 19.4. The highest BCUT2D eigenvalue weighted by atomic mass is 16.7. The van der Waals surface area contributed by atoms with Gasteiger partial charge in [-0.2, -0.15) is 0 Å². The zero-order valence-electron chi connectivity index (χ0n) is 32.7. The van der Waals surface area contributed by atoms with Crippen molar-refractivity contribution in [2.45, 2.75) is 73.2 Å². The van der Waals surface area contributed by atoms with Gasteiger partial charge in [-0.1, -0.05) is 24.3 Å². The van der Waals surface area contributed by atoms with Crippen LogP contribution in [0.15, 0.2) is 60.7 Å². The minimum Gasteiger partial charge on any atom is -0.507 e. The number of aliphatic hydroxyl groups excluding tert-OH is 7. The Kier molecular flexibility index (Phi) is 11.5. The maximum Gasteiger partial charge on any atom is 0.335 e. The monoisotopic (exact) mass is 876 g/mol. The zero-order chi connectivity index (χ0) is 45.3. The van der Waals surface area contributed by atoms with E-state index in [9.17, 15) is 75.3 Å². The van der Waals surface area contributed by atoms with Crippen molar-refractivity contribution in [3.63, 3.8) is 0 Å². The van der Waals surface area contributed by atoms with Gasteiger partial charge in [-0.05, 0) is 58.7 Å². The predicted octanol–water partition coefficient (Wildman–Crippen LogP) is -0.442. The van der Waals surface area contributed by atoms with Crippen molar-refractivity contribution in [1.82, 2.24) is 0 Å². The van der Waals surface area contributed by atoms with Gasteiger partial charge in [0.05, 0.1) is 46.6 Å². The number of aromatic hydroxyl groups is 2. The van der Waals surface area contributed by atoms with Gasteiger partial charge in [0.1, 0.15) is 71.8 Å². The summed E-state index contributed by atoms with van der Waals surface area (Å²) in [5.74, 6) is -9.80. The van der Waals surface area contributed by atoms with Gasteiger partial charge in [-0.25, -0.2) is 9.59 Å². The number of phenolic OH excluding ortho intramolecular Hbond substituents is 2. The average Bonchev–Trinajstić information content (AvgIpc) is 3.25. The Labute approximate surface area is 354 Å². The summed E-state index contributed by atoms with van der Waals surface area (Å²) in [6, 6.07) is 12.2. The molecule has 2 heterocycles. The smallest absolute Gasteiger partial charge is 0.335 e. The van der Waals surface area contributed by atoms with E-state index in [1.807, 2.05) is 0 Å². The zero-order valence-corrected chi connectivity index (χ0v) is 32.7. The summed E-state index contributed by atoms with van der Waals surface area (Å²) in [6.45, 7) is -1.58. The largest absolute Gasteiger partial charge is 0.507 e. The van der Waals surface area contributed by atoms with Crippen LogP contribution in [0.2, 0.25) is 0 Å². The number of carbonyl (C=O) groups is 4. The van der Waals surface area contributed by atoms with Crippen LogP contribution in [0.3, 0.4) is 0 Å². The van der Waals surface area contributed by atoms with Crippen LogP contribution in [0, 0.1) is 0 Å². The predicted molar refractivity (Wildman–Crippen MR) is 207 cm³/mol. The lowest BCUT2D eigenvalue weighted by atomic mass is 9.63. The van der Waals surface area contributed by atoms with Gasteiger partial charge in [-0.3, -0.25) is 9.59 Å². The van der Waals surface area contributed by atoms with Crippen molar-refractivity contribution in [3.05, 3.63) is 116 Å². The quantitative estimate of drug-likeness (QED) is 0.0962. The van der Waals surface area contributed by atoms with E-state index in [1.54, 1.807) is 0 Å². The molecule has 20 heteroatoms. The number of benzene rings is 4. The van der Waals surface area contributed by atoms with Crippen LogP contribution in [-0.4, -0.2) is 161 Å². The van der Waals surface area contributed by atoms with E-state index in [1.165, 1.54) is 43.5 Å². The lowest BCUT2D eigenvalue weighted by Crippen LogP contribution is -2.60. The summed E-state index contributed by atoms with van der Waals surface area (Å²) < 4.78 is 28.9. The number of carboxylic acid groups (broad SMARTS) is 2. The molecule has 4 aromatic rings. The molecule has 0 amide bonds. The van der Waals surface area contributed by atoms with Gasteiger partial charge in [0, 0.05) is 18.9 Å². The SMILES string of the molecule is COC1C(Oc2cccc3c2C(=O)c2c(O)cc(C(=O)O)cc2C3C2c3cc(C(=O)O)cc(O)c3C(=O)c3c(OC4OC(CO)C(O)C(O)C4O)cccc32)OC(CO)C(O)C1O. The van der Waals surface area contributed by atoms with Gasteiger partial charge in [-0.15, -0.1) is 0 Å². The second-order valence-electron chi connectivity index (χ2n) is 15.4. The van der Waals surface area contributed by atoms with Gasteiger partial charge in [0.25, 0.3) is 0 Å². The number of phenols is 2. The summed E-state index contributed by atoms with van der Waals surface area (Å²) in [5, 5.41) is 116. The van der Waals surface area contributed by atoms with E-state index in [0.29, 0.717) is 0 Å².